The van der Waals surface area contributed by atoms with Crippen molar-refractivity contribution in [2.24, 2.45) is 0 Å². The Morgan fingerprint density at radius 1 is 0.769 bits per heavy atom. The highest BCUT2D eigenvalue weighted by molar-refractivity contribution is 8.01. The molecule has 7 nitrogen and oxygen atoms in total. The summed E-state index contributed by atoms with van der Waals surface area (Å²) in [5.74, 6) is 0. The Hall–Kier alpha value is -1.96. The van der Waals surface area contributed by atoms with E-state index < -0.39 is 6.09 Å². The molecule has 0 bridgehead atoms. The second kappa shape index (κ2) is 22.8. The zero-order chi connectivity index (χ0) is 27.8. The Balaban J connectivity index is 1.28. The number of aromatic nitrogens is 1. The third kappa shape index (κ3) is 18.1. The summed E-state index contributed by atoms with van der Waals surface area (Å²) in [7, 11) is 0. The smallest absolute Gasteiger partial charge is 0.407 e. The number of nitrogens with one attached hydrogen (secondary N) is 2. The number of alkyl carbamates (subject to hydrolysis) is 2. The first-order valence-corrected chi connectivity index (χ1v) is 16.5. The van der Waals surface area contributed by atoms with E-state index in [-0.39, 0.29) is 16.6 Å². The number of thioether (sulfide) groups is 1. The maximum Gasteiger partial charge on any atom is 0.407 e. The lowest BCUT2D eigenvalue weighted by atomic mass is 10.0. The van der Waals surface area contributed by atoms with Crippen molar-refractivity contribution in [1.82, 2.24) is 15.6 Å². The van der Waals surface area contributed by atoms with E-state index in [1.165, 1.54) is 89.9 Å². The molecule has 1 aliphatic heterocycles. The van der Waals surface area contributed by atoms with Gasteiger partial charge in [-0.25, -0.2) is 9.59 Å². The average Bonchev–Trinajstić information content (AvgIpc) is 2.93. The normalized spacial score (nSPS) is 16.3. The van der Waals surface area contributed by atoms with E-state index in [1.807, 2.05) is 18.2 Å². The summed E-state index contributed by atoms with van der Waals surface area (Å²) in [6.07, 6.45) is 23.3. The van der Waals surface area contributed by atoms with E-state index in [0.717, 1.165) is 25.0 Å². The van der Waals surface area contributed by atoms with Gasteiger partial charge in [-0.2, -0.15) is 0 Å². The van der Waals surface area contributed by atoms with Crippen LogP contribution >= 0.6 is 11.8 Å². The van der Waals surface area contributed by atoms with Crippen molar-refractivity contribution in [2.75, 3.05) is 19.8 Å². The minimum Gasteiger partial charge on any atom is -0.448 e. The van der Waals surface area contributed by atoms with Crippen molar-refractivity contribution >= 4 is 23.9 Å². The fourth-order valence-electron chi connectivity index (χ4n) is 4.74. The van der Waals surface area contributed by atoms with Crippen LogP contribution in [0.15, 0.2) is 24.4 Å². The first-order valence-electron chi connectivity index (χ1n) is 15.5. The van der Waals surface area contributed by atoms with E-state index in [9.17, 15) is 9.59 Å². The predicted molar refractivity (Wildman–Crippen MR) is 161 cm³/mol. The van der Waals surface area contributed by atoms with Crippen LogP contribution in [0.3, 0.4) is 0 Å². The monoisotopic (exact) mass is 563 g/mol. The molecule has 0 radical (unpaired) electrons. The molecule has 1 saturated heterocycles. The quantitative estimate of drug-likeness (QED) is 0.131. The number of amides is 2. The fourth-order valence-corrected chi connectivity index (χ4v) is 5.90. The first kappa shape index (κ1) is 33.2. The molecular weight excluding hydrogens is 510 g/mol. The largest absolute Gasteiger partial charge is 0.448 e. The topological polar surface area (TPSA) is 89.5 Å². The molecule has 8 heteroatoms. The summed E-state index contributed by atoms with van der Waals surface area (Å²) >= 11 is 1.70. The number of ether oxygens (including phenoxy) is 2. The van der Waals surface area contributed by atoms with Gasteiger partial charge in [-0.1, -0.05) is 109 Å². The standard InChI is InChI=1S/C31H53N3O4S/c1-2-3-4-5-6-7-8-9-10-11-12-13-14-15-16-18-22-33-30(35)37-25-28-23-29(39-28)26-38-31(36)34-24-27-20-17-19-21-32-27/h17,19-21,28-29H,2-16,18,22-26H2,1H3,(H,33,35)(H,34,36)/t28-,29+/m0/s1. The Morgan fingerprint density at radius 3 is 1.74 bits per heavy atom. The Kier molecular flexibility index (Phi) is 19.4. The number of hydrogen-bond donors (Lipinski definition) is 2. The summed E-state index contributed by atoms with van der Waals surface area (Å²) in [6.45, 7) is 4.07. The number of rotatable bonds is 23. The van der Waals surface area contributed by atoms with Gasteiger partial charge in [-0.3, -0.25) is 4.98 Å². The summed E-state index contributed by atoms with van der Waals surface area (Å²) in [5.41, 5.74) is 0.790. The van der Waals surface area contributed by atoms with Crippen LogP contribution in [0, 0.1) is 0 Å². The number of unbranched alkanes of at least 4 members (excludes halogenated alkanes) is 15. The van der Waals surface area contributed by atoms with Crippen LogP contribution in [0.2, 0.25) is 0 Å². The second-order valence-electron chi connectivity index (χ2n) is 10.7. The van der Waals surface area contributed by atoms with Gasteiger partial charge in [-0.15, -0.1) is 11.8 Å². The molecular formula is C31H53N3O4S. The molecule has 0 saturated carbocycles. The summed E-state index contributed by atoms with van der Waals surface area (Å²) < 4.78 is 10.6. The third-order valence-electron chi connectivity index (χ3n) is 7.15. The molecule has 2 N–H and O–H groups in total. The van der Waals surface area contributed by atoms with Crippen molar-refractivity contribution in [2.45, 2.75) is 133 Å². The highest BCUT2D eigenvalue weighted by Crippen LogP contribution is 2.36. The van der Waals surface area contributed by atoms with Crippen molar-refractivity contribution in [3.63, 3.8) is 0 Å². The number of pyridine rings is 1. The van der Waals surface area contributed by atoms with Crippen LogP contribution in [-0.2, 0) is 16.0 Å². The van der Waals surface area contributed by atoms with Crippen LogP contribution in [0.25, 0.3) is 0 Å². The lowest BCUT2D eigenvalue weighted by Crippen LogP contribution is -2.37. The first-order chi connectivity index (χ1) is 19.2. The van der Waals surface area contributed by atoms with Crippen LogP contribution in [0.1, 0.15) is 122 Å². The van der Waals surface area contributed by atoms with E-state index in [0.29, 0.717) is 26.3 Å². The van der Waals surface area contributed by atoms with Crippen molar-refractivity contribution in [1.29, 1.82) is 0 Å². The number of carbonyl (C=O) groups excluding carboxylic acids is 2. The molecule has 0 aromatic carbocycles. The highest BCUT2D eigenvalue weighted by atomic mass is 32.2. The fraction of sp³-hybridized carbons (Fsp3) is 0.774. The van der Waals surface area contributed by atoms with Crippen molar-refractivity contribution in [3.8, 4) is 0 Å². The van der Waals surface area contributed by atoms with E-state index >= 15 is 0 Å². The van der Waals surface area contributed by atoms with Crippen LogP contribution in [0.5, 0.6) is 0 Å². The highest BCUT2D eigenvalue weighted by Gasteiger charge is 2.31. The van der Waals surface area contributed by atoms with E-state index in [2.05, 4.69) is 22.5 Å². The number of nitrogens with zero attached hydrogens (tertiary/aromatic N) is 1. The van der Waals surface area contributed by atoms with Crippen molar-refractivity contribution < 1.29 is 19.1 Å². The van der Waals surface area contributed by atoms with Crippen LogP contribution < -0.4 is 10.6 Å². The third-order valence-corrected chi connectivity index (χ3v) is 8.58. The van der Waals surface area contributed by atoms with Gasteiger partial charge >= 0.3 is 12.2 Å². The lowest BCUT2D eigenvalue weighted by molar-refractivity contribution is 0.134. The molecule has 0 spiro atoms. The van der Waals surface area contributed by atoms with Gasteiger partial charge in [-0.05, 0) is 25.0 Å². The minimum absolute atomic E-state index is 0.257. The number of carbonyl (C=O) groups is 2. The van der Waals surface area contributed by atoms with Gasteiger partial charge in [0.15, 0.2) is 0 Å². The molecule has 1 aromatic rings. The Morgan fingerprint density at radius 2 is 1.26 bits per heavy atom. The summed E-state index contributed by atoms with van der Waals surface area (Å²) in [6, 6.07) is 5.57. The maximum atomic E-state index is 11.9. The molecule has 2 rings (SSSR count). The Bertz CT molecular complexity index is 747. The zero-order valence-electron chi connectivity index (χ0n) is 24.3. The van der Waals surface area contributed by atoms with Gasteiger partial charge < -0.3 is 20.1 Å². The molecule has 0 aliphatic carbocycles. The maximum absolute atomic E-state index is 11.9. The molecule has 1 aromatic heterocycles. The van der Waals surface area contributed by atoms with Gasteiger partial charge in [0, 0.05) is 23.2 Å². The molecule has 1 aliphatic rings. The van der Waals surface area contributed by atoms with Crippen LogP contribution in [0.4, 0.5) is 9.59 Å². The molecule has 39 heavy (non-hydrogen) atoms. The molecule has 2 atom stereocenters. The summed E-state index contributed by atoms with van der Waals surface area (Å²) in [5, 5.41) is 6.09. The average molecular weight is 564 g/mol. The SMILES string of the molecule is CCCCCCCCCCCCCCCCCCNC(=O)OC[C@@H]1C[C@H](COC(=O)NCc2ccccn2)S1. The molecule has 2 amide bonds. The van der Waals surface area contributed by atoms with E-state index in [1.54, 1.807) is 18.0 Å². The van der Waals surface area contributed by atoms with Gasteiger partial charge in [0.25, 0.3) is 0 Å². The molecule has 2 heterocycles. The minimum atomic E-state index is -0.436. The van der Waals surface area contributed by atoms with Crippen molar-refractivity contribution in [3.05, 3.63) is 30.1 Å². The zero-order valence-corrected chi connectivity index (χ0v) is 25.1. The van der Waals surface area contributed by atoms with E-state index in [4.69, 9.17) is 9.47 Å². The number of hydrogen-bond acceptors (Lipinski definition) is 6. The van der Waals surface area contributed by atoms with Crippen LogP contribution in [-0.4, -0.2) is 47.4 Å². The lowest BCUT2D eigenvalue weighted by Gasteiger charge is -2.33. The molecule has 222 valence electrons. The second-order valence-corrected chi connectivity index (χ2v) is 12.3. The predicted octanol–water partition coefficient (Wildman–Crippen LogP) is 8.17. The molecule has 0 unspecified atom stereocenters. The van der Waals surface area contributed by atoms with Gasteiger partial charge in [0.2, 0.25) is 0 Å². The summed E-state index contributed by atoms with van der Waals surface area (Å²) in [4.78, 5) is 27.9. The van der Waals surface area contributed by atoms with Gasteiger partial charge in [0.05, 0.1) is 12.2 Å². The Labute approximate surface area is 241 Å². The van der Waals surface area contributed by atoms with Gasteiger partial charge in [0.1, 0.15) is 13.2 Å². The molecule has 1 fully saturated rings.